The van der Waals surface area contributed by atoms with E-state index in [1.165, 1.54) is 21.8 Å². The summed E-state index contributed by atoms with van der Waals surface area (Å²) < 4.78 is 2.75. The van der Waals surface area contributed by atoms with Crippen LogP contribution in [0, 0.1) is 0 Å². The SMILES string of the molecule is O=C(n1ccnc1)n1ccnc1.O=CO. The summed E-state index contributed by atoms with van der Waals surface area (Å²) in [5.74, 6) is 0. The van der Waals surface area contributed by atoms with Crippen molar-refractivity contribution >= 4 is 12.5 Å². The fraction of sp³-hybridized carbons (Fsp3) is 0. The number of hydrogen-bond donors (Lipinski definition) is 1. The second-order valence-corrected chi connectivity index (χ2v) is 2.33. The third-order valence-electron chi connectivity index (χ3n) is 1.45. The van der Waals surface area contributed by atoms with Crippen molar-refractivity contribution < 1.29 is 14.7 Å². The van der Waals surface area contributed by atoms with Crippen molar-refractivity contribution in [2.45, 2.75) is 0 Å². The number of rotatable bonds is 0. The zero-order valence-electron chi connectivity index (χ0n) is 7.59. The van der Waals surface area contributed by atoms with Crippen LogP contribution in [0.15, 0.2) is 37.4 Å². The number of nitrogens with zero attached hydrogens (tertiary/aromatic N) is 4. The van der Waals surface area contributed by atoms with Gasteiger partial charge in [0.1, 0.15) is 12.7 Å². The summed E-state index contributed by atoms with van der Waals surface area (Å²) in [4.78, 5) is 27.3. The van der Waals surface area contributed by atoms with Crippen LogP contribution in [0.25, 0.3) is 0 Å². The molecule has 0 aromatic carbocycles. The van der Waals surface area contributed by atoms with Gasteiger partial charge in [-0.2, -0.15) is 0 Å². The fourth-order valence-corrected chi connectivity index (χ4v) is 0.878. The minimum absolute atomic E-state index is 0.190. The molecule has 15 heavy (non-hydrogen) atoms. The van der Waals surface area contributed by atoms with Crippen molar-refractivity contribution in [2.24, 2.45) is 0 Å². The highest BCUT2D eigenvalue weighted by Gasteiger charge is 2.03. The Kier molecular flexibility index (Phi) is 3.78. The van der Waals surface area contributed by atoms with Crippen LogP contribution in [0.1, 0.15) is 0 Å². The molecule has 7 nitrogen and oxygen atoms in total. The fourth-order valence-electron chi connectivity index (χ4n) is 0.878. The van der Waals surface area contributed by atoms with E-state index in [0.29, 0.717) is 0 Å². The molecule has 78 valence electrons. The van der Waals surface area contributed by atoms with Crippen molar-refractivity contribution in [3.05, 3.63) is 37.4 Å². The lowest BCUT2D eigenvalue weighted by Gasteiger charge is -1.98. The smallest absolute Gasteiger partial charge is 0.338 e. The van der Waals surface area contributed by atoms with Gasteiger partial charge in [0.15, 0.2) is 0 Å². The van der Waals surface area contributed by atoms with Crippen LogP contribution >= 0.6 is 0 Å². The van der Waals surface area contributed by atoms with Gasteiger partial charge in [0.25, 0.3) is 6.47 Å². The number of imidazole rings is 2. The highest BCUT2D eigenvalue weighted by atomic mass is 16.3. The first kappa shape index (κ1) is 10.6. The Balaban J connectivity index is 0.000000337. The standard InChI is InChI=1S/C7H6N4O.CH2O2/c12-7(10-3-1-8-5-10)11-4-2-9-6-11;2-1-3/h1-6H;1H,(H,2,3). The van der Waals surface area contributed by atoms with Gasteiger partial charge in [-0.05, 0) is 0 Å². The maximum absolute atomic E-state index is 11.4. The third-order valence-corrected chi connectivity index (χ3v) is 1.45. The largest absolute Gasteiger partial charge is 0.483 e. The van der Waals surface area contributed by atoms with Gasteiger partial charge in [0.05, 0.1) is 0 Å². The van der Waals surface area contributed by atoms with E-state index in [2.05, 4.69) is 9.97 Å². The zero-order valence-corrected chi connectivity index (χ0v) is 7.59. The first-order valence-corrected chi connectivity index (χ1v) is 3.88. The molecule has 0 saturated heterocycles. The van der Waals surface area contributed by atoms with Gasteiger partial charge >= 0.3 is 6.03 Å². The average Bonchev–Trinajstić information content (AvgIpc) is 2.92. The van der Waals surface area contributed by atoms with E-state index in [9.17, 15) is 4.79 Å². The lowest BCUT2D eigenvalue weighted by molar-refractivity contribution is -0.122. The molecular weight excluding hydrogens is 200 g/mol. The molecule has 0 atom stereocenters. The van der Waals surface area contributed by atoms with Crippen LogP contribution in [-0.2, 0) is 4.79 Å². The molecule has 0 saturated carbocycles. The normalized spacial score (nSPS) is 8.80. The molecule has 0 radical (unpaired) electrons. The van der Waals surface area contributed by atoms with Gasteiger partial charge in [0, 0.05) is 24.8 Å². The maximum atomic E-state index is 11.4. The lowest BCUT2D eigenvalue weighted by Crippen LogP contribution is -2.15. The van der Waals surface area contributed by atoms with E-state index in [0.717, 1.165) is 0 Å². The van der Waals surface area contributed by atoms with E-state index >= 15 is 0 Å². The Labute approximate surface area is 84.6 Å². The lowest BCUT2D eigenvalue weighted by atomic mass is 10.8. The van der Waals surface area contributed by atoms with Crippen molar-refractivity contribution in [3.63, 3.8) is 0 Å². The van der Waals surface area contributed by atoms with E-state index in [1.807, 2.05) is 0 Å². The summed E-state index contributed by atoms with van der Waals surface area (Å²) in [5, 5.41) is 6.89. The second kappa shape index (κ2) is 5.32. The highest BCUT2D eigenvalue weighted by Crippen LogP contribution is 1.91. The van der Waals surface area contributed by atoms with Crippen molar-refractivity contribution in [2.75, 3.05) is 0 Å². The van der Waals surface area contributed by atoms with Crippen LogP contribution < -0.4 is 0 Å². The second-order valence-electron chi connectivity index (χ2n) is 2.33. The molecule has 0 aliphatic heterocycles. The van der Waals surface area contributed by atoms with E-state index in [-0.39, 0.29) is 12.5 Å². The molecule has 0 bridgehead atoms. The molecule has 0 aliphatic carbocycles. The Hall–Kier alpha value is -2.44. The minimum atomic E-state index is -0.250. The first-order valence-electron chi connectivity index (χ1n) is 3.88. The Morgan fingerprint density at radius 1 is 1.13 bits per heavy atom. The van der Waals surface area contributed by atoms with Gasteiger partial charge in [-0.15, -0.1) is 0 Å². The summed E-state index contributed by atoms with van der Waals surface area (Å²) in [6, 6.07) is -0.190. The zero-order chi connectivity index (χ0) is 11.1. The van der Waals surface area contributed by atoms with Crippen LogP contribution in [-0.4, -0.2) is 36.7 Å². The van der Waals surface area contributed by atoms with Crippen LogP contribution in [0.3, 0.4) is 0 Å². The number of aromatic nitrogens is 4. The molecular formula is C8H8N4O3. The minimum Gasteiger partial charge on any atom is -0.483 e. The molecule has 2 heterocycles. The molecule has 0 unspecified atom stereocenters. The van der Waals surface area contributed by atoms with Gasteiger partial charge < -0.3 is 5.11 Å². The average molecular weight is 208 g/mol. The summed E-state index contributed by atoms with van der Waals surface area (Å²) in [7, 11) is 0. The summed E-state index contributed by atoms with van der Waals surface area (Å²) >= 11 is 0. The quantitative estimate of drug-likeness (QED) is 0.628. The Morgan fingerprint density at radius 2 is 1.53 bits per heavy atom. The first-order chi connectivity index (χ1) is 7.29. The number of carbonyl (C=O) groups is 2. The Bertz CT molecular complexity index is 371. The van der Waals surface area contributed by atoms with Crippen LogP contribution in [0.5, 0.6) is 0 Å². The molecule has 0 amide bonds. The van der Waals surface area contributed by atoms with Crippen LogP contribution in [0.4, 0.5) is 4.79 Å². The van der Waals surface area contributed by atoms with Gasteiger partial charge in [-0.3, -0.25) is 13.9 Å². The molecule has 7 heteroatoms. The third kappa shape index (κ3) is 2.76. The monoisotopic (exact) mass is 208 g/mol. The predicted molar refractivity (Wildman–Crippen MR) is 49.3 cm³/mol. The molecule has 2 aromatic heterocycles. The molecule has 2 aromatic rings. The van der Waals surface area contributed by atoms with Gasteiger partial charge in [-0.1, -0.05) is 0 Å². The summed E-state index contributed by atoms with van der Waals surface area (Å²) in [6.45, 7) is -0.250. The molecule has 0 fully saturated rings. The predicted octanol–water partition coefficient (Wildman–Crippen LogP) is 0.297. The van der Waals surface area contributed by atoms with E-state index < -0.39 is 0 Å². The van der Waals surface area contributed by atoms with Crippen molar-refractivity contribution in [1.29, 1.82) is 0 Å². The number of hydrogen-bond acceptors (Lipinski definition) is 4. The molecule has 0 spiro atoms. The maximum Gasteiger partial charge on any atom is 0.338 e. The van der Waals surface area contributed by atoms with Crippen molar-refractivity contribution in [1.82, 2.24) is 19.1 Å². The highest BCUT2D eigenvalue weighted by molar-refractivity contribution is 5.78. The van der Waals surface area contributed by atoms with E-state index in [4.69, 9.17) is 9.90 Å². The molecule has 1 N–H and O–H groups in total. The number of carboxylic acid groups (broad SMARTS) is 1. The molecule has 0 aliphatic rings. The van der Waals surface area contributed by atoms with Crippen LogP contribution in [0.2, 0.25) is 0 Å². The van der Waals surface area contributed by atoms with Crippen molar-refractivity contribution in [3.8, 4) is 0 Å². The molecule has 2 rings (SSSR count). The Morgan fingerprint density at radius 3 is 1.80 bits per heavy atom. The van der Waals surface area contributed by atoms with Gasteiger partial charge in [-0.25, -0.2) is 14.8 Å². The van der Waals surface area contributed by atoms with E-state index in [1.54, 1.807) is 24.8 Å². The van der Waals surface area contributed by atoms with Gasteiger partial charge in [0.2, 0.25) is 0 Å². The summed E-state index contributed by atoms with van der Waals surface area (Å²) in [6.07, 6.45) is 9.17. The topological polar surface area (TPSA) is 90.0 Å². The summed E-state index contributed by atoms with van der Waals surface area (Å²) in [5.41, 5.74) is 0. The number of carbonyl (C=O) groups excluding carboxylic acids is 1.